The fraction of sp³-hybridized carbons (Fsp3) is 1.00. The maximum Gasteiger partial charge on any atom is 3.00 e. The van der Waals surface area contributed by atoms with Crippen molar-refractivity contribution in [3.8, 4) is 0 Å². The van der Waals surface area contributed by atoms with Gasteiger partial charge in [-0.05, 0) is 0 Å². The zero-order valence-corrected chi connectivity index (χ0v) is 6.54. The molecule has 0 aromatic rings. The molecular weight excluding hydrogens is 149 g/mol. The van der Waals surface area contributed by atoms with Gasteiger partial charge in [-0.1, -0.05) is 0 Å². The van der Waals surface area contributed by atoms with Crippen molar-refractivity contribution >= 4 is 8.41 Å². The van der Waals surface area contributed by atoms with Gasteiger partial charge in [0.15, 0.2) is 0 Å². The third-order valence-electron chi connectivity index (χ3n) is 0. The molecule has 0 aliphatic carbocycles. The van der Waals surface area contributed by atoms with Gasteiger partial charge >= 0.3 is 8.41 Å². The first kappa shape index (κ1) is 53.1. The van der Waals surface area contributed by atoms with Gasteiger partial charge in [0.1, 0.15) is 0 Å². The minimum absolute atomic E-state index is 0. The third-order valence-corrected chi connectivity index (χ3v) is 0. The second-order valence-electron chi connectivity index (χ2n) is 2.68. The van der Waals surface area contributed by atoms with Crippen LogP contribution < -0.4 is 18.8 Å². The Morgan fingerprint density at radius 3 is 0.600 bits per heavy atom. The Labute approximate surface area is 61.0 Å². The van der Waals surface area contributed by atoms with Crippen molar-refractivity contribution in [3.63, 3.8) is 0 Å². The van der Waals surface area contributed by atoms with Crippen molar-refractivity contribution in [2.24, 2.45) is 0 Å². The van der Waals surface area contributed by atoms with E-state index in [0.29, 0.717) is 0 Å². The van der Waals surface area contributed by atoms with Gasteiger partial charge in [0, 0.05) is 0 Å². The molecule has 0 aromatic carbocycles. The van der Waals surface area contributed by atoms with E-state index in [-0.39, 0.29) is 27.2 Å². The van der Waals surface area contributed by atoms with Crippen molar-refractivity contribution in [2.45, 2.75) is 0 Å². The van der Waals surface area contributed by atoms with E-state index in [9.17, 15) is 0 Å². The number of halogens is 4. The molecule has 64 valence electrons. The number of rotatable bonds is 0. The average molecular weight is 161 g/mol. The Bertz CT molecular complexity index is 32.7. The summed E-state index contributed by atoms with van der Waals surface area (Å²) in [6, 6.07) is 0. The maximum absolute atomic E-state index is 2.12. The van der Waals surface area contributed by atoms with Crippen LogP contribution >= 0.6 is 0 Å². The van der Waals surface area contributed by atoms with E-state index < -0.39 is 0 Å². The van der Waals surface area contributed by atoms with Crippen LogP contribution in [-0.4, -0.2) is 41.1 Å². The van der Waals surface area contributed by atoms with Gasteiger partial charge in [0.25, 0.3) is 0 Å². The van der Waals surface area contributed by atoms with E-state index in [0.717, 1.165) is 4.48 Å². The summed E-state index contributed by atoms with van der Waals surface area (Å²) in [4.78, 5) is 0. The molecule has 0 amide bonds. The summed E-state index contributed by atoms with van der Waals surface area (Å²) in [6.07, 6.45) is 0. The van der Waals surface area contributed by atoms with Gasteiger partial charge in [-0.15, -0.1) is 0 Å². The Hall–Kier alpha value is -0.255. The quantitative estimate of drug-likeness (QED) is 0.188. The molecule has 0 fully saturated rings. The molecular formula is C4H12BF4N. The zero-order chi connectivity index (χ0) is 4.50. The van der Waals surface area contributed by atoms with Crippen LogP contribution in [0.1, 0.15) is 0 Å². The molecule has 0 saturated carbocycles. The van der Waals surface area contributed by atoms with Crippen molar-refractivity contribution in [3.05, 3.63) is 0 Å². The predicted molar refractivity (Wildman–Crippen MR) is 29.7 cm³/mol. The summed E-state index contributed by atoms with van der Waals surface area (Å²) < 4.78 is 1.00. The Morgan fingerprint density at radius 2 is 0.600 bits per heavy atom. The summed E-state index contributed by atoms with van der Waals surface area (Å²) in [5.41, 5.74) is 0. The summed E-state index contributed by atoms with van der Waals surface area (Å²) in [7, 11) is 8.50. The number of quaternary nitrogens is 1. The van der Waals surface area contributed by atoms with Crippen molar-refractivity contribution in [1.82, 2.24) is 0 Å². The fourth-order valence-electron chi connectivity index (χ4n) is 0. The van der Waals surface area contributed by atoms with Crippen LogP contribution in [0.3, 0.4) is 0 Å². The van der Waals surface area contributed by atoms with E-state index in [2.05, 4.69) is 28.2 Å². The first-order valence-corrected chi connectivity index (χ1v) is 1.79. The molecule has 0 aliphatic rings. The molecule has 0 heterocycles. The second-order valence-corrected chi connectivity index (χ2v) is 2.68. The van der Waals surface area contributed by atoms with Crippen LogP contribution in [0.4, 0.5) is 0 Å². The van der Waals surface area contributed by atoms with Crippen LogP contribution in [0.2, 0.25) is 0 Å². The molecule has 0 N–H and O–H groups in total. The average Bonchev–Trinajstić information content (AvgIpc) is 0.722. The molecule has 6 heteroatoms. The molecule has 0 bridgehead atoms. The number of hydrogen-bond acceptors (Lipinski definition) is 0. The third kappa shape index (κ3) is 5420. The molecule has 10 heavy (non-hydrogen) atoms. The smallest absolute Gasteiger partial charge is 1.00 e. The Kier molecular flexibility index (Phi) is 84.5. The maximum atomic E-state index is 2.12. The monoisotopic (exact) mass is 161 g/mol. The van der Waals surface area contributed by atoms with E-state index >= 15 is 0 Å². The molecule has 0 radical (unpaired) electrons. The molecule has 0 unspecified atom stereocenters. The van der Waals surface area contributed by atoms with Crippen LogP contribution in [0, 0.1) is 0 Å². The summed E-state index contributed by atoms with van der Waals surface area (Å²) in [5, 5.41) is 0. The first-order valence-electron chi connectivity index (χ1n) is 1.79. The van der Waals surface area contributed by atoms with E-state index in [1.54, 1.807) is 0 Å². The SMILES string of the molecule is C[N+](C)(C)C.[B+3].[F-].[F-].[F-].[F-]. The summed E-state index contributed by atoms with van der Waals surface area (Å²) in [5.74, 6) is 0. The van der Waals surface area contributed by atoms with Gasteiger partial charge in [0.05, 0.1) is 28.2 Å². The van der Waals surface area contributed by atoms with Crippen LogP contribution in [0.15, 0.2) is 0 Å². The molecule has 0 saturated heterocycles. The minimum Gasteiger partial charge on any atom is -1.00 e. The van der Waals surface area contributed by atoms with Crippen molar-refractivity contribution in [1.29, 1.82) is 0 Å². The Morgan fingerprint density at radius 1 is 0.600 bits per heavy atom. The van der Waals surface area contributed by atoms with Crippen molar-refractivity contribution < 1.29 is 23.3 Å². The van der Waals surface area contributed by atoms with Gasteiger partial charge < -0.3 is 23.3 Å². The van der Waals surface area contributed by atoms with Gasteiger partial charge in [0.2, 0.25) is 0 Å². The topological polar surface area (TPSA) is 0 Å². The molecule has 0 rings (SSSR count). The van der Waals surface area contributed by atoms with Crippen LogP contribution in [-0.2, 0) is 0 Å². The van der Waals surface area contributed by atoms with Crippen LogP contribution in [0.25, 0.3) is 0 Å². The zero-order valence-electron chi connectivity index (χ0n) is 6.54. The predicted octanol–water partition coefficient (Wildman–Crippen LogP) is -12.0. The molecule has 0 spiro atoms. The first-order chi connectivity index (χ1) is 2.00. The molecule has 0 atom stereocenters. The van der Waals surface area contributed by atoms with Gasteiger partial charge in [-0.25, -0.2) is 0 Å². The molecule has 0 aliphatic heterocycles. The van der Waals surface area contributed by atoms with Gasteiger partial charge in [-0.3, -0.25) is 0 Å². The van der Waals surface area contributed by atoms with E-state index in [1.165, 1.54) is 0 Å². The van der Waals surface area contributed by atoms with Gasteiger partial charge in [-0.2, -0.15) is 0 Å². The molecule has 1 nitrogen and oxygen atoms in total. The van der Waals surface area contributed by atoms with Crippen molar-refractivity contribution in [2.75, 3.05) is 28.2 Å². The normalized spacial score (nSPS) is 6.00. The largest absolute Gasteiger partial charge is 3.00 e. The van der Waals surface area contributed by atoms with Crippen LogP contribution in [0.5, 0.6) is 0 Å². The minimum atomic E-state index is 0. The fourth-order valence-corrected chi connectivity index (χ4v) is 0. The van der Waals surface area contributed by atoms with E-state index in [1.807, 2.05) is 0 Å². The number of nitrogens with zero attached hydrogens (tertiary/aromatic N) is 1. The number of hydrogen-bond donors (Lipinski definition) is 0. The summed E-state index contributed by atoms with van der Waals surface area (Å²) in [6.45, 7) is 0. The summed E-state index contributed by atoms with van der Waals surface area (Å²) >= 11 is 0. The second kappa shape index (κ2) is 15.9. The van der Waals surface area contributed by atoms with E-state index in [4.69, 9.17) is 0 Å². The Balaban J connectivity index is -0.00000000800. The standard InChI is InChI=1S/C4H12N.B.4FH/c1-5(2,3)4;;;;;/h1-4H3;;4*1H/q+1;+3;;;;/p-4. The molecule has 0 aromatic heterocycles.